The molecule has 3 heterocycles. The summed E-state index contributed by atoms with van der Waals surface area (Å²) in [5.41, 5.74) is 0. The number of aryl methyl sites for hydroxylation is 1. The molecule has 1 aliphatic heterocycles. The Balaban J connectivity index is 1.57. The first kappa shape index (κ1) is 14.1. The summed E-state index contributed by atoms with van der Waals surface area (Å²) < 4.78 is 2.11. The molecule has 0 saturated heterocycles. The number of amides is 2. The number of hydrogen-bond acceptors (Lipinski definition) is 4. The van der Waals surface area contributed by atoms with Gasteiger partial charge in [-0.25, -0.2) is 4.79 Å². The number of urea groups is 1. The van der Waals surface area contributed by atoms with Gasteiger partial charge in [0.1, 0.15) is 5.82 Å². The zero-order valence-electron chi connectivity index (χ0n) is 12.1. The van der Waals surface area contributed by atoms with Crippen molar-refractivity contribution in [3.63, 3.8) is 0 Å². The molecule has 2 aromatic rings. The van der Waals surface area contributed by atoms with E-state index in [1.165, 1.54) is 4.88 Å². The molecule has 6 nitrogen and oxygen atoms in total. The molecule has 0 radical (unpaired) electrons. The molecule has 0 aromatic carbocycles. The average molecular weight is 305 g/mol. The molecule has 7 heteroatoms. The quantitative estimate of drug-likeness (QED) is 0.919. The number of thiophene rings is 1. The molecule has 21 heavy (non-hydrogen) atoms. The number of nitrogens with zero attached hydrogens (tertiary/aromatic N) is 4. The maximum Gasteiger partial charge on any atom is 0.318 e. The highest BCUT2D eigenvalue weighted by Crippen LogP contribution is 2.14. The van der Waals surface area contributed by atoms with Crippen LogP contribution in [0, 0.1) is 0 Å². The smallest absolute Gasteiger partial charge is 0.318 e. The van der Waals surface area contributed by atoms with Crippen LogP contribution in [0.4, 0.5) is 4.79 Å². The second kappa shape index (κ2) is 6.26. The van der Waals surface area contributed by atoms with E-state index < -0.39 is 0 Å². The van der Waals surface area contributed by atoms with Crippen LogP contribution in [-0.4, -0.2) is 32.2 Å². The van der Waals surface area contributed by atoms with Gasteiger partial charge >= 0.3 is 6.03 Å². The predicted octanol–water partition coefficient (Wildman–Crippen LogP) is 2.02. The number of aromatic nitrogens is 3. The SMILES string of the molecule is CCN(Cc1cccs1)C(=O)NCc1nnc2n1CCC2. The van der Waals surface area contributed by atoms with E-state index in [1.807, 2.05) is 24.4 Å². The Morgan fingerprint density at radius 2 is 2.43 bits per heavy atom. The number of hydrogen-bond donors (Lipinski definition) is 1. The van der Waals surface area contributed by atoms with Gasteiger partial charge in [0.25, 0.3) is 0 Å². The molecule has 1 N–H and O–H groups in total. The van der Waals surface area contributed by atoms with Crippen LogP contribution in [0.3, 0.4) is 0 Å². The second-order valence-electron chi connectivity index (χ2n) is 5.04. The van der Waals surface area contributed by atoms with E-state index in [-0.39, 0.29) is 6.03 Å². The third kappa shape index (κ3) is 3.07. The third-order valence-electron chi connectivity index (χ3n) is 3.68. The van der Waals surface area contributed by atoms with E-state index in [9.17, 15) is 4.79 Å². The molecule has 0 bridgehead atoms. The molecule has 112 valence electrons. The zero-order valence-corrected chi connectivity index (χ0v) is 12.9. The average Bonchev–Trinajstić information content (AvgIpc) is 3.20. The first-order chi connectivity index (χ1) is 10.3. The monoisotopic (exact) mass is 305 g/mol. The van der Waals surface area contributed by atoms with Gasteiger partial charge in [-0.2, -0.15) is 0 Å². The summed E-state index contributed by atoms with van der Waals surface area (Å²) in [7, 11) is 0. The Morgan fingerprint density at radius 3 is 3.19 bits per heavy atom. The van der Waals surface area contributed by atoms with Crippen LogP contribution in [0.15, 0.2) is 17.5 Å². The van der Waals surface area contributed by atoms with E-state index in [0.717, 1.165) is 31.0 Å². The first-order valence-electron chi connectivity index (χ1n) is 7.24. The molecule has 0 fully saturated rings. The minimum Gasteiger partial charge on any atom is -0.331 e. The Labute approximate surface area is 127 Å². The Bertz CT molecular complexity index is 607. The Morgan fingerprint density at radius 1 is 1.52 bits per heavy atom. The lowest BCUT2D eigenvalue weighted by molar-refractivity contribution is 0.197. The maximum atomic E-state index is 12.3. The van der Waals surface area contributed by atoms with Gasteiger partial charge < -0.3 is 14.8 Å². The van der Waals surface area contributed by atoms with Crippen molar-refractivity contribution in [1.29, 1.82) is 0 Å². The third-order valence-corrected chi connectivity index (χ3v) is 4.54. The van der Waals surface area contributed by atoms with Gasteiger partial charge in [0.15, 0.2) is 5.82 Å². The number of nitrogens with one attached hydrogen (secondary N) is 1. The van der Waals surface area contributed by atoms with Crippen LogP contribution in [0.5, 0.6) is 0 Å². The molecule has 0 saturated carbocycles. The highest BCUT2D eigenvalue weighted by molar-refractivity contribution is 7.09. The number of rotatable bonds is 5. The fourth-order valence-corrected chi connectivity index (χ4v) is 3.25. The normalized spacial score (nSPS) is 13.2. The molecule has 0 aliphatic carbocycles. The minimum atomic E-state index is -0.0544. The summed E-state index contributed by atoms with van der Waals surface area (Å²) >= 11 is 1.67. The summed E-state index contributed by atoms with van der Waals surface area (Å²) in [6.45, 7) is 4.72. The molecular formula is C14H19N5OS. The van der Waals surface area contributed by atoms with Crippen molar-refractivity contribution < 1.29 is 4.79 Å². The summed E-state index contributed by atoms with van der Waals surface area (Å²) in [5.74, 6) is 1.88. The van der Waals surface area contributed by atoms with Gasteiger partial charge in [0.2, 0.25) is 0 Å². The van der Waals surface area contributed by atoms with Gasteiger partial charge in [0.05, 0.1) is 13.1 Å². The fourth-order valence-electron chi connectivity index (χ4n) is 2.53. The largest absolute Gasteiger partial charge is 0.331 e. The Kier molecular flexibility index (Phi) is 4.19. The van der Waals surface area contributed by atoms with E-state index >= 15 is 0 Å². The second-order valence-corrected chi connectivity index (χ2v) is 6.07. The predicted molar refractivity (Wildman–Crippen MR) is 81.0 cm³/mol. The molecule has 0 atom stereocenters. The molecular weight excluding hydrogens is 286 g/mol. The minimum absolute atomic E-state index is 0.0544. The van der Waals surface area contributed by atoms with Crippen molar-refractivity contribution in [1.82, 2.24) is 25.0 Å². The van der Waals surface area contributed by atoms with Crippen LogP contribution >= 0.6 is 11.3 Å². The van der Waals surface area contributed by atoms with Crippen molar-refractivity contribution in [2.24, 2.45) is 0 Å². The van der Waals surface area contributed by atoms with E-state index in [4.69, 9.17) is 0 Å². The number of carbonyl (C=O) groups is 1. The van der Waals surface area contributed by atoms with Gasteiger partial charge in [-0.05, 0) is 24.8 Å². The topological polar surface area (TPSA) is 63.1 Å². The standard InChI is InChI=1S/C14H19N5OS/c1-2-18(10-11-5-4-8-21-11)14(20)15-9-13-17-16-12-6-3-7-19(12)13/h4-5,8H,2-3,6-7,9-10H2,1H3,(H,15,20). The molecule has 2 aromatic heterocycles. The first-order valence-corrected chi connectivity index (χ1v) is 8.12. The molecule has 1 aliphatic rings. The van der Waals surface area contributed by atoms with Gasteiger partial charge in [-0.3, -0.25) is 0 Å². The van der Waals surface area contributed by atoms with E-state index in [2.05, 4.69) is 20.1 Å². The van der Waals surface area contributed by atoms with Gasteiger partial charge in [-0.1, -0.05) is 6.07 Å². The molecule has 3 rings (SSSR count). The maximum absolute atomic E-state index is 12.3. The highest BCUT2D eigenvalue weighted by atomic mass is 32.1. The van der Waals surface area contributed by atoms with Crippen LogP contribution in [0.25, 0.3) is 0 Å². The van der Waals surface area contributed by atoms with E-state index in [0.29, 0.717) is 19.6 Å². The van der Waals surface area contributed by atoms with Crippen LogP contribution in [0.1, 0.15) is 29.9 Å². The number of carbonyl (C=O) groups excluding carboxylic acids is 1. The lowest BCUT2D eigenvalue weighted by Gasteiger charge is -2.20. The van der Waals surface area contributed by atoms with Crippen LogP contribution < -0.4 is 5.32 Å². The van der Waals surface area contributed by atoms with Crippen LogP contribution in [0.2, 0.25) is 0 Å². The van der Waals surface area contributed by atoms with Crippen molar-refractivity contribution >= 4 is 17.4 Å². The number of fused-ring (bicyclic) bond motifs is 1. The highest BCUT2D eigenvalue weighted by Gasteiger charge is 2.18. The zero-order chi connectivity index (χ0) is 14.7. The summed E-state index contributed by atoms with van der Waals surface area (Å²) in [5, 5.41) is 13.3. The molecule has 2 amide bonds. The molecule has 0 spiro atoms. The summed E-state index contributed by atoms with van der Waals surface area (Å²) in [4.78, 5) is 15.2. The summed E-state index contributed by atoms with van der Waals surface area (Å²) in [6, 6.07) is 4.00. The fraction of sp³-hybridized carbons (Fsp3) is 0.500. The van der Waals surface area contributed by atoms with Crippen LogP contribution in [-0.2, 0) is 26.1 Å². The van der Waals surface area contributed by atoms with Gasteiger partial charge in [0, 0.05) is 24.4 Å². The van der Waals surface area contributed by atoms with Crippen molar-refractivity contribution in [2.75, 3.05) is 6.54 Å². The summed E-state index contributed by atoms with van der Waals surface area (Å²) in [6.07, 6.45) is 2.10. The Hall–Kier alpha value is -1.89. The van der Waals surface area contributed by atoms with Gasteiger partial charge in [-0.15, -0.1) is 21.5 Å². The van der Waals surface area contributed by atoms with E-state index in [1.54, 1.807) is 16.2 Å². The lowest BCUT2D eigenvalue weighted by atomic mass is 10.4. The molecule has 0 unspecified atom stereocenters. The lowest BCUT2D eigenvalue weighted by Crippen LogP contribution is -2.39. The van der Waals surface area contributed by atoms with Crippen molar-refractivity contribution in [3.05, 3.63) is 34.0 Å². The van der Waals surface area contributed by atoms with Crippen molar-refractivity contribution in [2.45, 2.75) is 39.4 Å². The van der Waals surface area contributed by atoms with Crippen molar-refractivity contribution in [3.8, 4) is 0 Å².